The van der Waals surface area contributed by atoms with Crippen LogP contribution in [-0.4, -0.2) is 49.0 Å². The van der Waals surface area contributed by atoms with Crippen molar-refractivity contribution in [1.29, 1.82) is 5.26 Å². The first-order valence-corrected chi connectivity index (χ1v) is 14.4. The zero-order valence-electron chi connectivity index (χ0n) is 23.4. The second-order valence-corrected chi connectivity index (χ2v) is 11.2. The van der Waals surface area contributed by atoms with Gasteiger partial charge in [-0.3, -0.25) is 9.59 Å². The molecule has 0 radical (unpaired) electrons. The molecule has 0 bridgehead atoms. The number of nitriles is 1. The van der Waals surface area contributed by atoms with E-state index >= 15 is 0 Å². The minimum absolute atomic E-state index is 0.00584. The molecule has 1 aliphatic heterocycles. The smallest absolute Gasteiger partial charge is 0.257 e. The van der Waals surface area contributed by atoms with Crippen LogP contribution in [0.1, 0.15) is 63.5 Å². The highest BCUT2D eigenvalue weighted by Crippen LogP contribution is 2.41. The Balaban J connectivity index is 1.40. The quantitative estimate of drug-likeness (QED) is 0.371. The maximum absolute atomic E-state index is 14.2. The minimum Gasteiger partial charge on any atom is -0.493 e. The number of hydrogen-bond acceptors (Lipinski definition) is 6. The van der Waals surface area contributed by atoms with E-state index in [2.05, 4.69) is 19.1 Å². The number of amides is 1. The molecule has 1 amide bonds. The van der Waals surface area contributed by atoms with Crippen molar-refractivity contribution in [2.75, 3.05) is 20.3 Å². The van der Waals surface area contributed by atoms with E-state index in [1.54, 1.807) is 18.1 Å². The summed E-state index contributed by atoms with van der Waals surface area (Å²) in [6.07, 6.45) is 13.6. The van der Waals surface area contributed by atoms with E-state index in [0.717, 1.165) is 44.1 Å². The minimum atomic E-state index is -0.889. The Morgan fingerprint density at radius 2 is 1.90 bits per heavy atom. The van der Waals surface area contributed by atoms with Gasteiger partial charge in [-0.1, -0.05) is 67.0 Å². The maximum atomic E-state index is 14.2. The van der Waals surface area contributed by atoms with E-state index in [1.165, 1.54) is 11.1 Å². The second-order valence-electron chi connectivity index (χ2n) is 11.2. The summed E-state index contributed by atoms with van der Waals surface area (Å²) in [6, 6.07) is 10.4. The van der Waals surface area contributed by atoms with Gasteiger partial charge >= 0.3 is 0 Å². The number of Topliss-reactive ketones (excluding diaryl/α,β-unsaturated/α-hetero) is 1. The van der Waals surface area contributed by atoms with Crippen molar-refractivity contribution < 1.29 is 23.8 Å². The first-order valence-electron chi connectivity index (χ1n) is 14.4. The highest BCUT2D eigenvalue weighted by Gasteiger charge is 2.46. The van der Waals surface area contributed by atoms with Crippen LogP contribution in [0.4, 0.5) is 0 Å². The lowest BCUT2D eigenvalue weighted by Gasteiger charge is -2.44. The van der Waals surface area contributed by atoms with Gasteiger partial charge in [-0.05, 0) is 56.2 Å². The molecule has 2 unspecified atom stereocenters. The molecule has 1 saturated heterocycles. The third-order valence-corrected chi connectivity index (χ3v) is 8.58. The standard InChI is InChI=1S/C33H38N2O5/c1-22-12-14-23(15-13-22)21-39-32-27-18-28(29(36)19-34)35(20-25(27)16-17-30(32)38-2)33(37)31(24-8-4-3-5-9-24)40-26-10-6-7-11-26/h3-5,8-9,12,14,16-17,25-28,31H,6-7,10-11,13,15,18,20-21H2,1-2H3/t25?,27?,28-,31+/m1/s1. The van der Waals surface area contributed by atoms with Gasteiger partial charge in [-0.25, -0.2) is 0 Å². The van der Waals surface area contributed by atoms with Gasteiger partial charge in [0, 0.05) is 18.4 Å². The highest BCUT2D eigenvalue weighted by molar-refractivity contribution is 6.00. The summed E-state index contributed by atoms with van der Waals surface area (Å²) in [5.74, 6) is 0.163. The van der Waals surface area contributed by atoms with E-state index < -0.39 is 17.9 Å². The molecule has 0 N–H and O–H groups in total. The van der Waals surface area contributed by atoms with Crippen molar-refractivity contribution in [1.82, 2.24) is 4.90 Å². The number of likely N-dealkylation sites (tertiary alicyclic amines) is 1. The second kappa shape index (κ2) is 12.7. The Hall–Kier alpha value is -3.63. The van der Waals surface area contributed by atoms with Gasteiger partial charge in [0.2, 0.25) is 0 Å². The fraction of sp³-hybridized carbons (Fsp3) is 0.485. The predicted molar refractivity (Wildman–Crippen MR) is 150 cm³/mol. The summed E-state index contributed by atoms with van der Waals surface area (Å²) in [4.78, 5) is 28.8. The number of methoxy groups -OCH3 is 1. The summed E-state index contributed by atoms with van der Waals surface area (Å²) in [6.45, 7) is 2.86. The maximum Gasteiger partial charge on any atom is 0.257 e. The molecular formula is C33H38N2O5. The van der Waals surface area contributed by atoms with Crippen LogP contribution in [-0.2, 0) is 23.8 Å². The predicted octanol–water partition coefficient (Wildman–Crippen LogP) is 5.72. The Morgan fingerprint density at radius 3 is 2.58 bits per heavy atom. The van der Waals surface area contributed by atoms with Gasteiger partial charge in [0.1, 0.15) is 24.5 Å². The third-order valence-electron chi connectivity index (χ3n) is 8.58. The summed E-state index contributed by atoms with van der Waals surface area (Å²) in [5.41, 5.74) is 3.31. The lowest BCUT2D eigenvalue weighted by atomic mass is 9.76. The van der Waals surface area contributed by atoms with E-state index in [4.69, 9.17) is 14.2 Å². The molecule has 7 nitrogen and oxygen atoms in total. The van der Waals surface area contributed by atoms with Crippen molar-refractivity contribution in [3.63, 3.8) is 0 Å². The number of hydrogen-bond donors (Lipinski definition) is 0. The summed E-state index contributed by atoms with van der Waals surface area (Å²) < 4.78 is 18.5. The molecule has 210 valence electrons. The molecule has 3 aliphatic carbocycles. The zero-order valence-corrected chi connectivity index (χ0v) is 23.4. The molecule has 2 fully saturated rings. The topological polar surface area (TPSA) is 88.9 Å². The van der Waals surface area contributed by atoms with Crippen molar-refractivity contribution in [3.05, 3.63) is 82.9 Å². The molecule has 0 spiro atoms. The molecule has 40 heavy (non-hydrogen) atoms. The average molecular weight is 543 g/mol. The van der Waals surface area contributed by atoms with Crippen LogP contribution in [0.3, 0.4) is 0 Å². The van der Waals surface area contributed by atoms with Crippen molar-refractivity contribution >= 4 is 11.7 Å². The number of fused-ring (bicyclic) bond motifs is 1. The number of carbonyl (C=O) groups excluding carboxylic acids is 2. The van der Waals surface area contributed by atoms with E-state index in [1.807, 2.05) is 42.5 Å². The lowest BCUT2D eigenvalue weighted by molar-refractivity contribution is -0.156. The molecule has 1 aromatic carbocycles. The molecule has 4 aliphatic rings. The van der Waals surface area contributed by atoms with Crippen LogP contribution in [0.2, 0.25) is 0 Å². The Kier molecular flexibility index (Phi) is 8.86. The van der Waals surface area contributed by atoms with Crippen LogP contribution in [0.5, 0.6) is 0 Å². The molecule has 7 heteroatoms. The van der Waals surface area contributed by atoms with Gasteiger partial charge in [-0.2, -0.15) is 5.26 Å². The van der Waals surface area contributed by atoms with Gasteiger partial charge in [-0.15, -0.1) is 0 Å². The highest BCUT2D eigenvalue weighted by atomic mass is 16.5. The van der Waals surface area contributed by atoms with Crippen molar-refractivity contribution in [2.24, 2.45) is 11.8 Å². The number of allylic oxidation sites excluding steroid dienone is 5. The largest absolute Gasteiger partial charge is 0.493 e. The third kappa shape index (κ3) is 6.08. The fourth-order valence-electron chi connectivity index (χ4n) is 6.26. The van der Waals surface area contributed by atoms with Crippen LogP contribution >= 0.6 is 0 Å². The van der Waals surface area contributed by atoms with E-state index in [0.29, 0.717) is 31.1 Å². The summed E-state index contributed by atoms with van der Waals surface area (Å²) in [5, 5.41) is 9.66. The normalized spacial score (nSPS) is 25.4. The first kappa shape index (κ1) is 27.9. The number of ketones is 1. The molecule has 0 aromatic heterocycles. The number of ether oxygens (including phenoxy) is 3. The molecule has 5 rings (SSSR count). The monoisotopic (exact) mass is 542 g/mol. The van der Waals surface area contributed by atoms with Gasteiger partial charge in [0.15, 0.2) is 11.9 Å². The molecule has 1 saturated carbocycles. The van der Waals surface area contributed by atoms with Crippen LogP contribution in [0.25, 0.3) is 0 Å². The lowest BCUT2D eigenvalue weighted by Crippen LogP contribution is -2.55. The number of nitrogens with zero attached hydrogens (tertiary/aromatic N) is 2. The summed E-state index contributed by atoms with van der Waals surface area (Å²) >= 11 is 0. The first-order chi connectivity index (χ1) is 19.5. The fourth-order valence-corrected chi connectivity index (χ4v) is 6.26. The van der Waals surface area contributed by atoms with Crippen LogP contribution in [0.15, 0.2) is 77.3 Å². The van der Waals surface area contributed by atoms with Crippen LogP contribution in [0, 0.1) is 23.2 Å². The van der Waals surface area contributed by atoms with Gasteiger partial charge in [0.25, 0.3) is 11.7 Å². The van der Waals surface area contributed by atoms with E-state index in [9.17, 15) is 14.9 Å². The zero-order chi connectivity index (χ0) is 28.1. The molecule has 1 aromatic rings. The number of benzene rings is 1. The Morgan fingerprint density at radius 1 is 1.12 bits per heavy atom. The molecule has 1 heterocycles. The van der Waals surface area contributed by atoms with E-state index in [-0.39, 0.29) is 23.8 Å². The SMILES string of the molecule is COC1=C(OCC2=CC=C(C)CC2)C2C[C@H](C(=O)C#N)N(C(=O)[C@@H](OC3CCCC3)c3ccccc3)CC2C=C1. The average Bonchev–Trinajstić information content (AvgIpc) is 3.52. The van der Waals surface area contributed by atoms with Gasteiger partial charge < -0.3 is 19.1 Å². The summed E-state index contributed by atoms with van der Waals surface area (Å²) in [7, 11) is 1.61. The van der Waals surface area contributed by atoms with Crippen molar-refractivity contribution in [3.8, 4) is 6.07 Å². The Labute approximate surface area is 236 Å². The molecule has 4 atom stereocenters. The number of carbonyl (C=O) groups is 2. The number of piperidine rings is 1. The van der Waals surface area contributed by atoms with Gasteiger partial charge in [0.05, 0.1) is 13.2 Å². The van der Waals surface area contributed by atoms with Crippen molar-refractivity contribution in [2.45, 2.75) is 70.1 Å². The number of rotatable bonds is 9. The van der Waals surface area contributed by atoms with Crippen LogP contribution < -0.4 is 0 Å². The molecular weight excluding hydrogens is 504 g/mol. The Bertz CT molecular complexity index is 1270.